The quantitative estimate of drug-likeness (QED) is 0.249. The minimum absolute atomic E-state index is 0.0586. The van der Waals surface area contributed by atoms with Crippen molar-refractivity contribution in [3.05, 3.63) is 41.4 Å². The first-order chi connectivity index (χ1) is 7.79. The molecule has 0 aliphatic carbocycles. The molecule has 1 aromatic rings. The lowest BCUT2D eigenvalue weighted by Crippen LogP contribution is -2.20. The maximum absolute atomic E-state index is 11.5. The summed E-state index contributed by atoms with van der Waals surface area (Å²) in [6, 6.07) is 8.73. The third-order valence-corrected chi connectivity index (χ3v) is 2.07. The Morgan fingerprint density at radius 3 is 2.62 bits per heavy atom. The molecule has 0 amide bonds. The summed E-state index contributed by atoms with van der Waals surface area (Å²) in [5.41, 5.74) is 9.28. The second-order valence-corrected chi connectivity index (χ2v) is 3.30. The summed E-state index contributed by atoms with van der Waals surface area (Å²) in [6.45, 7) is 2.35. The van der Waals surface area contributed by atoms with Gasteiger partial charge in [0, 0.05) is 0 Å². The van der Waals surface area contributed by atoms with Crippen molar-refractivity contribution in [1.82, 2.24) is 0 Å². The highest BCUT2D eigenvalue weighted by Gasteiger charge is 2.23. The number of carbonyl (C=O) groups excluding carboxylic acids is 1. The molecule has 0 N–H and O–H groups in total. The van der Waals surface area contributed by atoms with Crippen LogP contribution in [0.25, 0.3) is 5.53 Å². The summed E-state index contributed by atoms with van der Waals surface area (Å²) in [5.74, 6) is -0.595. The molecule has 0 saturated heterocycles. The van der Waals surface area contributed by atoms with Crippen molar-refractivity contribution in [3.8, 4) is 0 Å². The Morgan fingerprint density at radius 2 is 2.06 bits per heavy atom. The first-order valence-electron chi connectivity index (χ1n) is 5.24. The summed E-state index contributed by atoms with van der Waals surface area (Å²) in [5, 5.41) is 0. The minimum Gasteiger partial charge on any atom is -0.457 e. The molecular weight excluding hydrogens is 204 g/mol. The summed E-state index contributed by atoms with van der Waals surface area (Å²) < 4.78 is 4.96. The number of hydrogen-bond donors (Lipinski definition) is 0. The molecule has 0 radical (unpaired) electrons. The van der Waals surface area contributed by atoms with Crippen molar-refractivity contribution in [2.24, 2.45) is 0 Å². The average Bonchev–Trinajstić information content (AvgIpc) is 2.32. The van der Waals surface area contributed by atoms with Gasteiger partial charge in [0.05, 0.1) is 12.2 Å². The summed E-state index contributed by atoms with van der Waals surface area (Å²) >= 11 is 0. The molecule has 0 aliphatic rings. The van der Waals surface area contributed by atoms with Gasteiger partial charge in [-0.15, -0.1) is 0 Å². The van der Waals surface area contributed by atoms with E-state index in [2.05, 4.69) is 4.79 Å². The van der Waals surface area contributed by atoms with Crippen LogP contribution in [0.2, 0.25) is 0 Å². The molecule has 0 bridgehead atoms. The predicted molar refractivity (Wildman–Crippen MR) is 60.0 cm³/mol. The first-order valence-corrected chi connectivity index (χ1v) is 5.24. The van der Waals surface area contributed by atoms with Crippen LogP contribution >= 0.6 is 0 Å². The highest BCUT2D eigenvalue weighted by Crippen LogP contribution is 2.01. The Bertz CT molecular complexity index is 395. The lowest BCUT2D eigenvalue weighted by molar-refractivity contribution is -0.140. The van der Waals surface area contributed by atoms with Gasteiger partial charge in [0.1, 0.15) is 0 Å². The van der Waals surface area contributed by atoms with Crippen molar-refractivity contribution in [3.63, 3.8) is 0 Å². The second kappa shape index (κ2) is 6.53. The van der Waals surface area contributed by atoms with Gasteiger partial charge in [0.2, 0.25) is 0 Å². The van der Waals surface area contributed by atoms with Crippen LogP contribution in [-0.4, -0.2) is 23.1 Å². The normalized spacial score (nSPS) is 9.31. The van der Waals surface area contributed by atoms with E-state index in [1.807, 2.05) is 13.0 Å². The van der Waals surface area contributed by atoms with E-state index in [0.29, 0.717) is 12.2 Å². The molecule has 0 aromatic heterocycles. The molecule has 16 heavy (non-hydrogen) atoms. The molecule has 0 heterocycles. The van der Waals surface area contributed by atoms with E-state index in [0.717, 1.165) is 12.8 Å². The number of rotatable bonds is 5. The molecular formula is C12H14N2O2. The van der Waals surface area contributed by atoms with Crippen molar-refractivity contribution >= 4 is 11.7 Å². The van der Waals surface area contributed by atoms with Gasteiger partial charge < -0.3 is 10.3 Å². The van der Waals surface area contributed by atoms with E-state index in [9.17, 15) is 4.79 Å². The fourth-order valence-corrected chi connectivity index (χ4v) is 1.19. The maximum Gasteiger partial charge on any atom is 0.422 e. The van der Waals surface area contributed by atoms with Gasteiger partial charge in [-0.2, -0.15) is 4.79 Å². The molecule has 0 atom stereocenters. The van der Waals surface area contributed by atoms with Gasteiger partial charge in [-0.1, -0.05) is 31.5 Å². The Kier molecular flexibility index (Phi) is 4.96. The summed E-state index contributed by atoms with van der Waals surface area (Å²) in [4.78, 5) is 14.5. The van der Waals surface area contributed by atoms with Crippen LogP contribution in [0.4, 0.5) is 0 Å². The van der Waals surface area contributed by atoms with E-state index in [-0.39, 0.29) is 5.71 Å². The number of esters is 1. The molecule has 1 rings (SSSR count). The van der Waals surface area contributed by atoms with Crippen LogP contribution in [0.1, 0.15) is 25.3 Å². The van der Waals surface area contributed by atoms with Gasteiger partial charge in [-0.3, -0.25) is 0 Å². The molecule has 0 saturated carbocycles. The number of hydrogen-bond acceptors (Lipinski definition) is 2. The van der Waals surface area contributed by atoms with Crippen LogP contribution in [0.15, 0.2) is 30.3 Å². The predicted octanol–water partition coefficient (Wildman–Crippen LogP) is 2.05. The zero-order chi connectivity index (χ0) is 11.8. The molecule has 0 spiro atoms. The van der Waals surface area contributed by atoms with Gasteiger partial charge >= 0.3 is 11.7 Å². The molecule has 1 aromatic carbocycles. The molecule has 4 nitrogen and oxygen atoms in total. The highest BCUT2D eigenvalue weighted by atomic mass is 16.5. The smallest absolute Gasteiger partial charge is 0.422 e. The van der Waals surface area contributed by atoms with Crippen molar-refractivity contribution in [1.29, 1.82) is 0 Å². The molecule has 84 valence electrons. The largest absolute Gasteiger partial charge is 0.457 e. The van der Waals surface area contributed by atoms with Crippen LogP contribution in [0.3, 0.4) is 0 Å². The van der Waals surface area contributed by atoms with Gasteiger partial charge in [0.25, 0.3) is 0 Å². The van der Waals surface area contributed by atoms with Crippen LogP contribution in [0.5, 0.6) is 0 Å². The van der Waals surface area contributed by atoms with E-state index >= 15 is 0 Å². The maximum atomic E-state index is 11.5. The van der Waals surface area contributed by atoms with Crippen LogP contribution in [-0.2, 0) is 9.53 Å². The number of ether oxygens (including phenoxy) is 1. The number of unbranched alkanes of at least 4 members (excludes halogenated alkanes) is 1. The number of benzene rings is 1. The zero-order valence-electron chi connectivity index (χ0n) is 9.22. The lowest BCUT2D eigenvalue weighted by atomic mass is 10.1. The fraction of sp³-hybridized carbons (Fsp3) is 0.333. The molecule has 0 fully saturated rings. The third kappa shape index (κ3) is 3.33. The standard InChI is InChI=1S/C12H14N2O2/c1-2-3-9-16-12(15)11(14-13)10-7-5-4-6-8-10/h4-8H,2-3,9H2,1H3. The first kappa shape index (κ1) is 12.1. The minimum atomic E-state index is -0.595. The van der Waals surface area contributed by atoms with Gasteiger partial charge in [-0.25, -0.2) is 4.79 Å². The monoisotopic (exact) mass is 218 g/mol. The van der Waals surface area contributed by atoms with Crippen molar-refractivity contribution in [2.75, 3.05) is 6.61 Å². The Morgan fingerprint density at radius 1 is 1.38 bits per heavy atom. The Labute approximate surface area is 94.5 Å². The zero-order valence-corrected chi connectivity index (χ0v) is 9.22. The lowest BCUT2D eigenvalue weighted by Gasteiger charge is -2.00. The van der Waals surface area contributed by atoms with Crippen LogP contribution < -0.4 is 0 Å². The highest BCUT2D eigenvalue weighted by molar-refractivity contribution is 6.40. The number of nitrogens with zero attached hydrogens (tertiary/aromatic N) is 2. The van der Waals surface area contributed by atoms with Gasteiger partial charge in [-0.05, 0) is 18.6 Å². The molecule has 4 heteroatoms. The SMILES string of the molecule is CCCCOC(=O)C(=[N+]=[N-])c1ccccc1. The summed E-state index contributed by atoms with van der Waals surface area (Å²) in [7, 11) is 0. The van der Waals surface area contributed by atoms with E-state index in [1.165, 1.54) is 0 Å². The Balaban J connectivity index is 2.70. The second-order valence-electron chi connectivity index (χ2n) is 3.30. The van der Waals surface area contributed by atoms with Crippen LogP contribution in [0, 0.1) is 0 Å². The van der Waals surface area contributed by atoms with Crippen molar-refractivity contribution < 1.29 is 14.3 Å². The van der Waals surface area contributed by atoms with E-state index in [4.69, 9.17) is 10.3 Å². The van der Waals surface area contributed by atoms with Gasteiger partial charge in [0.15, 0.2) is 0 Å². The topological polar surface area (TPSA) is 62.7 Å². The van der Waals surface area contributed by atoms with E-state index in [1.54, 1.807) is 24.3 Å². The third-order valence-electron chi connectivity index (χ3n) is 2.07. The number of carbonyl (C=O) groups is 1. The summed E-state index contributed by atoms with van der Waals surface area (Å²) in [6.07, 6.45) is 1.75. The molecule has 0 aliphatic heterocycles. The molecule has 0 unspecified atom stereocenters. The van der Waals surface area contributed by atoms with Crippen molar-refractivity contribution in [2.45, 2.75) is 19.8 Å². The fourth-order valence-electron chi connectivity index (χ4n) is 1.19. The van der Waals surface area contributed by atoms with E-state index < -0.39 is 5.97 Å². The average molecular weight is 218 g/mol. The Hall–Kier alpha value is -1.93.